The first kappa shape index (κ1) is 14.3. The number of benzene rings is 1. The smallest absolute Gasteiger partial charge is 0.206 e. The van der Waals surface area contributed by atoms with Crippen molar-refractivity contribution >= 4 is 17.0 Å². The van der Waals surface area contributed by atoms with Crippen LogP contribution in [0.15, 0.2) is 24.3 Å². The third-order valence-corrected chi connectivity index (χ3v) is 4.23. The normalized spacial score (nSPS) is 18.3. The second-order valence-electron chi connectivity index (χ2n) is 5.65. The average molecular weight is 291 g/mol. The predicted molar refractivity (Wildman–Crippen MR) is 80.3 cm³/mol. The summed E-state index contributed by atoms with van der Waals surface area (Å²) in [5, 5.41) is 28.7. The molecule has 3 rings (SSSR count). The van der Waals surface area contributed by atoms with Gasteiger partial charge in [0.2, 0.25) is 5.95 Å². The number of piperidine rings is 1. The van der Waals surface area contributed by atoms with E-state index in [2.05, 4.69) is 9.88 Å². The molecule has 0 unspecified atom stereocenters. The highest BCUT2D eigenvalue weighted by Crippen LogP contribution is 2.28. The van der Waals surface area contributed by atoms with Crippen LogP contribution in [0.5, 0.6) is 0 Å². The largest absolute Gasteiger partial charge is 0.395 e. The van der Waals surface area contributed by atoms with Crippen molar-refractivity contribution in [1.29, 1.82) is 0 Å². The van der Waals surface area contributed by atoms with Crippen molar-refractivity contribution < 1.29 is 15.3 Å². The van der Waals surface area contributed by atoms with E-state index in [9.17, 15) is 15.3 Å². The van der Waals surface area contributed by atoms with E-state index in [4.69, 9.17) is 0 Å². The summed E-state index contributed by atoms with van der Waals surface area (Å²) in [5.74, 6) is 0.824. The van der Waals surface area contributed by atoms with E-state index >= 15 is 0 Å². The van der Waals surface area contributed by atoms with Crippen LogP contribution in [0.2, 0.25) is 0 Å². The van der Waals surface area contributed by atoms with Crippen molar-refractivity contribution in [2.75, 3.05) is 31.2 Å². The number of para-hydroxylation sites is 2. The molecule has 0 amide bonds. The van der Waals surface area contributed by atoms with Gasteiger partial charge >= 0.3 is 0 Å². The molecule has 1 fully saturated rings. The number of aliphatic hydroxyl groups is 3. The molecule has 0 radical (unpaired) electrons. The van der Waals surface area contributed by atoms with E-state index in [1.54, 1.807) is 0 Å². The second-order valence-corrected chi connectivity index (χ2v) is 5.65. The van der Waals surface area contributed by atoms with Crippen LogP contribution in [0.1, 0.15) is 12.8 Å². The van der Waals surface area contributed by atoms with Gasteiger partial charge in [0.05, 0.1) is 29.8 Å². The maximum atomic E-state index is 10.1. The van der Waals surface area contributed by atoms with Gasteiger partial charge in [0.15, 0.2) is 0 Å². The van der Waals surface area contributed by atoms with Crippen LogP contribution < -0.4 is 4.90 Å². The van der Waals surface area contributed by atoms with Gasteiger partial charge in [-0.15, -0.1) is 0 Å². The Morgan fingerprint density at radius 3 is 2.52 bits per heavy atom. The van der Waals surface area contributed by atoms with Crippen LogP contribution in [0.4, 0.5) is 5.95 Å². The van der Waals surface area contributed by atoms with E-state index < -0.39 is 5.60 Å². The third-order valence-electron chi connectivity index (χ3n) is 4.23. The van der Waals surface area contributed by atoms with Gasteiger partial charge in [0, 0.05) is 19.6 Å². The minimum Gasteiger partial charge on any atom is -0.395 e. The zero-order valence-electron chi connectivity index (χ0n) is 11.9. The average Bonchev–Trinajstić information content (AvgIpc) is 2.88. The molecule has 0 atom stereocenters. The molecule has 1 aliphatic heterocycles. The summed E-state index contributed by atoms with van der Waals surface area (Å²) in [7, 11) is 0. The number of anilines is 1. The Kier molecular flexibility index (Phi) is 3.84. The van der Waals surface area contributed by atoms with Crippen molar-refractivity contribution in [3.8, 4) is 0 Å². The molecule has 1 saturated heterocycles. The van der Waals surface area contributed by atoms with Gasteiger partial charge in [-0.25, -0.2) is 4.98 Å². The topological polar surface area (TPSA) is 81.8 Å². The molecule has 114 valence electrons. The Labute approximate surface area is 123 Å². The number of rotatable bonds is 4. The van der Waals surface area contributed by atoms with Gasteiger partial charge in [0.25, 0.3) is 0 Å². The summed E-state index contributed by atoms with van der Waals surface area (Å²) in [4.78, 5) is 6.77. The number of hydrogen-bond donors (Lipinski definition) is 3. The van der Waals surface area contributed by atoms with Crippen molar-refractivity contribution in [2.45, 2.75) is 25.0 Å². The number of imidazole rings is 1. The summed E-state index contributed by atoms with van der Waals surface area (Å²) in [6, 6.07) is 7.86. The first-order valence-corrected chi connectivity index (χ1v) is 7.31. The Balaban J connectivity index is 1.92. The van der Waals surface area contributed by atoms with Crippen LogP contribution in [0.3, 0.4) is 0 Å². The summed E-state index contributed by atoms with van der Waals surface area (Å²) in [6.07, 6.45) is 1.04. The third kappa shape index (κ3) is 2.62. The highest BCUT2D eigenvalue weighted by molar-refractivity contribution is 5.78. The predicted octanol–water partition coefficient (Wildman–Crippen LogP) is 0.352. The quantitative estimate of drug-likeness (QED) is 0.757. The summed E-state index contributed by atoms with van der Waals surface area (Å²) in [5.41, 5.74) is 0.943. The molecule has 3 N–H and O–H groups in total. The van der Waals surface area contributed by atoms with Crippen molar-refractivity contribution in [2.24, 2.45) is 0 Å². The summed E-state index contributed by atoms with van der Waals surface area (Å²) in [6.45, 7) is 1.64. The highest BCUT2D eigenvalue weighted by Gasteiger charge is 2.33. The monoisotopic (exact) mass is 291 g/mol. The van der Waals surface area contributed by atoms with E-state index in [0.29, 0.717) is 32.5 Å². The van der Waals surface area contributed by atoms with E-state index in [1.807, 2.05) is 28.8 Å². The van der Waals surface area contributed by atoms with Gasteiger partial charge in [-0.2, -0.15) is 0 Å². The van der Waals surface area contributed by atoms with Crippen LogP contribution in [-0.2, 0) is 6.54 Å². The van der Waals surface area contributed by atoms with Gasteiger partial charge < -0.3 is 24.8 Å². The van der Waals surface area contributed by atoms with E-state index in [0.717, 1.165) is 17.0 Å². The van der Waals surface area contributed by atoms with Gasteiger partial charge in [-0.1, -0.05) is 12.1 Å². The molecule has 2 heterocycles. The first-order valence-electron chi connectivity index (χ1n) is 7.31. The van der Waals surface area contributed by atoms with Crippen molar-refractivity contribution in [1.82, 2.24) is 9.55 Å². The van der Waals surface area contributed by atoms with Crippen molar-refractivity contribution in [3.05, 3.63) is 24.3 Å². The van der Waals surface area contributed by atoms with Crippen LogP contribution in [0, 0.1) is 0 Å². The Bertz CT molecular complexity index is 618. The Hall–Kier alpha value is -1.63. The number of aliphatic hydroxyl groups excluding tert-OH is 2. The fraction of sp³-hybridized carbons (Fsp3) is 0.533. The SMILES string of the molecule is OCCn1c(N2CCC(O)(CO)CC2)nc2ccccc21. The molecule has 0 saturated carbocycles. The maximum Gasteiger partial charge on any atom is 0.206 e. The maximum absolute atomic E-state index is 10.1. The number of fused-ring (bicyclic) bond motifs is 1. The molecule has 1 aromatic heterocycles. The number of hydrogen-bond acceptors (Lipinski definition) is 5. The molecule has 1 aliphatic rings. The van der Waals surface area contributed by atoms with Crippen molar-refractivity contribution in [3.63, 3.8) is 0 Å². The number of nitrogens with zero attached hydrogens (tertiary/aromatic N) is 3. The second kappa shape index (κ2) is 5.63. The molecule has 6 heteroatoms. The molecule has 0 aliphatic carbocycles. The van der Waals surface area contributed by atoms with E-state index in [1.165, 1.54) is 0 Å². The standard InChI is InChI=1S/C15H21N3O3/c19-10-9-18-13-4-2-1-3-12(13)16-14(18)17-7-5-15(21,11-20)6-8-17/h1-4,19-21H,5-11H2. The van der Waals surface area contributed by atoms with Crippen LogP contribution in [-0.4, -0.2) is 56.8 Å². The molecule has 6 nitrogen and oxygen atoms in total. The van der Waals surface area contributed by atoms with Gasteiger partial charge in [0.1, 0.15) is 0 Å². The van der Waals surface area contributed by atoms with Crippen LogP contribution >= 0.6 is 0 Å². The molecule has 21 heavy (non-hydrogen) atoms. The molecule has 2 aromatic rings. The fourth-order valence-electron chi connectivity index (χ4n) is 2.91. The first-order chi connectivity index (χ1) is 10.2. The molecule has 0 spiro atoms. The van der Waals surface area contributed by atoms with E-state index in [-0.39, 0.29) is 13.2 Å². The Morgan fingerprint density at radius 2 is 1.86 bits per heavy atom. The molecular formula is C15H21N3O3. The lowest BCUT2D eigenvalue weighted by molar-refractivity contribution is -0.0328. The zero-order chi connectivity index (χ0) is 14.9. The summed E-state index contributed by atoms with van der Waals surface area (Å²) >= 11 is 0. The Morgan fingerprint density at radius 1 is 1.14 bits per heavy atom. The minimum atomic E-state index is -0.968. The molecule has 0 bridgehead atoms. The summed E-state index contributed by atoms with van der Waals surface area (Å²) < 4.78 is 2.01. The molecular weight excluding hydrogens is 270 g/mol. The lowest BCUT2D eigenvalue weighted by atomic mass is 9.93. The minimum absolute atomic E-state index is 0.0573. The van der Waals surface area contributed by atoms with Crippen LogP contribution in [0.25, 0.3) is 11.0 Å². The highest BCUT2D eigenvalue weighted by atomic mass is 16.3. The lowest BCUT2D eigenvalue weighted by Crippen LogP contribution is -2.47. The molecule has 1 aromatic carbocycles. The lowest BCUT2D eigenvalue weighted by Gasteiger charge is -2.37. The fourth-order valence-corrected chi connectivity index (χ4v) is 2.91. The number of aromatic nitrogens is 2. The van der Waals surface area contributed by atoms with Gasteiger partial charge in [-0.3, -0.25) is 0 Å². The zero-order valence-corrected chi connectivity index (χ0v) is 11.9. The van der Waals surface area contributed by atoms with Gasteiger partial charge in [-0.05, 0) is 25.0 Å².